The normalized spacial score (nSPS) is 18.3. The Bertz CT molecular complexity index is 788. The third-order valence-electron chi connectivity index (χ3n) is 4.38. The van der Waals surface area contributed by atoms with Crippen LogP contribution < -0.4 is 9.62 Å². The number of anilines is 1. The van der Waals surface area contributed by atoms with Gasteiger partial charge in [-0.05, 0) is 31.0 Å². The first kappa shape index (κ1) is 18.2. The second-order valence-corrected chi connectivity index (χ2v) is 8.81. The molecule has 7 nitrogen and oxygen atoms in total. The van der Waals surface area contributed by atoms with E-state index < -0.39 is 16.0 Å². The molecule has 136 valence electrons. The van der Waals surface area contributed by atoms with Crippen LogP contribution in [-0.2, 0) is 24.3 Å². The number of hydrogen-bond acceptors (Lipinski definition) is 6. The highest BCUT2D eigenvalue weighted by Gasteiger charge is 2.29. The zero-order valence-electron chi connectivity index (χ0n) is 13.9. The average Bonchev–Trinajstić information content (AvgIpc) is 3.09. The molecule has 1 saturated carbocycles. The summed E-state index contributed by atoms with van der Waals surface area (Å²) in [5, 5.41) is 0. The number of hydrogen-bond donors (Lipinski definition) is 1. The van der Waals surface area contributed by atoms with Gasteiger partial charge in [-0.25, -0.2) is 13.1 Å². The summed E-state index contributed by atoms with van der Waals surface area (Å²) in [6.07, 6.45) is 3.73. The first-order valence-electron chi connectivity index (χ1n) is 8.07. The number of nitrogens with one attached hydrogen (secondary N) is 1. The van der Waals surface area contributed by atoms with Crippen LogP contribution in [0.15, 0.2) is 28.0 Å². The first-order valence-corrected chi connectivity index (χ1v) is 10.5. The van der Waals surface area contributed by atoms with Gasteiger partial charge in [-0.15, -0.1) is 11.8 Å². The predicted octanol–water partition coefficient (Wildman–Crippen LogP) is 1.52. The summed E-state index contributed by atoms with van der Waals surface area (Å²) in [7, 11) is -2.42. The largest absolute Gasteiger partial charge is 0.468 e. The van der Waals surface area contributed by atoms with Gasteiger partial charge < -0.3 is 4.74 Å². The number of esters is 1. The maximum Gasteiger partial charge on any atom is 0.325 e. The molecule has 1 aromatic rings. The van der Waals surface area contributed by atoms with Crippen LogP contribution in [0.2, 0.25) is 0 Å². The zero-order valence-corrected chi connectivity index (χ0v) is 15.5. The fourth-order valence-electron chi connectivity index (χ4n) is 3.05. The Morgan fingerprint density at radius 1 is 1.36 bits per heavy atom. The van der Waals surface area contributed by atoms with Crippen LogP contribution in [0.25, 0.3) is 0 Å². The molecule has 1 fully saturated rings. The lowest BCUT2D eigenvalue weighted by atomic mass is 10.2. The van der Waals surface area contributed by atoms with Crippen LogP contribution >= 0.6 is 11.8 Å². The molecule has 0 saturated heterocycles. The third kappa shape index (κ3) is 3.99. The minimum Gasteiger partial charge on any atom is -0.468 e. The van der Waals surface area contributed by atoms with Gasteiger partial charge in [-0.3, -0.25) is 14.5 Å². The van der Waals surface area contributed by atoms with Crippen molar-refractivity contribution in [3.05, 3.63) is 18.2 Å². The Kier molecular flexibility index (Phi) is 5.35. The van der Waals surface area contributed by atoms with Gasteiger partial charge in [0.15, 0.2) is 0 Å². The zero-order chi connectivity index (χ0) is 18.0. The summed E-state index contributed by atoms with van der Waals surface area (Å²) < 4.78 is 32.6. The molecule has 0 aromatic heterocycles. The first-order chi connectivity index (χ1) is 11.9. The summed E-state index contributed by atoms with van der Waals surface area (Å²) in [5.41, 5.74) is 0.431. The van der Waals surface area contributed by atoms with Crippen LogP contribution in [-0.4, -0.2) is 45.7 Å². The number of thioether (sulfide) groups is 1. The quantitative estimate of drug-likeness (QED) is 0.774. The van der Waals surface area contributed by atoms with E-state index in [0.717, 1.165) is 30.6 Å². The van der Waals surface area contributed by atoms with E-state index >= 15 is 0 Å². The van der Waals surface area contributed by atoms with Gasteiger partial charge in [0, 0.05) is 10.9 Å². The van der Waals surface area contributed by atoms with Crippen LogP contribution in [0.1, 0.15) is 25.7 Å². The van der Waals surface area contributed by atoms with Crippen molar-refractivity contribution in [2.24, 2.45) is 0 Å². The summed E-state index contributed by atoms with van der Waals surface area (Å²) in [6.45, 7) is -0.234. The second-order valence-electron chi connectivity index (χ2n) is 6.08. The molecular weight excluding hydrogens is 364 g/mol. The molecule has 1 aromatic carbocycles. The van der Waals surface area contributed by atoms with Crippen LogP contribution in [0.3, 0.4) is 0 Å². The fraction of sp³-hybridized carbons (Fsp3) is 0.500. The maximum absolute atomic E-state index is 12.6. The Morgan fingerprint density at radius 2 is 2.08 bits per heavy atom. The van der Waals surface area contributed by atoms with Gasteiger partial charge in [-0.1, -0.05) is 12.8 Å². The molecule has 0 bridgehead atoms. The van der Waals surface area contributed by atoms with Crippen molar-refractivity contribution in [1.29, 1.82) is 0 Å². The highest BCUT2D eigenvalue weighted by atomic mass is 32.2. The fourth-order valence-corrected chi connectivity index (χ4v) is 5.29. The lowest BCUT2D eigenvalue weighted by Crippen LogP contribution is -2.40. The van der Waals surface area contributed by atoms with Crippen molar-refractivity contribution in [3.8, 4) is 0 Å². The number of rotatable bonds is 5. The number of benzene rings is 1. The van der Waals surface area contributed by atoms with Gasteiger partial charge in [0.25, 0.3) is 0 Å². The number of methoxy groups -OCH3 is 1. The van der Waals surface area contributed by atoms with Crippen LogP contribution in [0.5, 0.6) is 0 Å². The monoisotopic (exact) mass is 384 g/mol. The second kappa shape index (κ2) is 7.35. The molecule has 1 aliphatic carbocycles. The molecule has 1 aliphatic heterocycles. The van der Waals surface area contributed by atoms with Crippen molar-refractivity contribution < 1.29 is 22.7 Å². The smallest absolute Gasteiger partial charge is 0.325 e. The Hall–Kier alpha value is -1.58. The van der Waals surface area contributed by atoms with E-state index in [-0.39, 0.29) is 29.1 Å². The minimum atomic E-state index is -3.67. The SMILES string of the molecule is COC(=O)CN1C(=O)CSc2ccc(S(=O)(=O)NC3CCCC3)cc21. The molecule has 0 radical (unpaired) electrons. The van der Waals surface area contributed by atoms with Crippen molar-refractivity contribution >= 4 is 39.3 Å². The number of ether oxygens (including phenoxy) is 1. The molecular formula is C16H20N2O5S2. The van der Waals surface area contributed by atoms with Gasteiger partial charge in [-0.2, -0.15) is 0 Å². The Morgan fingerprint density at radius 3 is 2.76 bits per heavy atom. The number of nitrogens with zero attached hydrogens (tertiary/aromatic N) is 1. The van der Waals surface area contributed by atoms with E-state index in [0.29, 0.717) is 5.69 Å². The van der Waals surface area contributed by atoms with E-state index in [4.69, 9.17) is 0 Å². The van der Waals surface area contributed by atoms with Crippen molar-refractivity contribution in [1.82, 2.24) is 4.72 Å². The topological polar surface area (TPSA) is 92.8 Å². The van der Waals surface area contributed by atoms with Gasteiger partial charge in [0.05, 0.1) is 23.4 Å². The Labute approximate surface area is 151 Å². The van der Waals surface area contributed by atoms with Gasteiger partial charge in [0.2, 0.25) is 15.9 Å². The number of fused-ring (bicyclic) bond motifs is 1. The van der Waals surface area contributed by atoms with Crippen LogP contribution in [0.4, 0.5) is 5.69 Å². The van der Waals surface area contributed by atoms with Crippen LogP contribution in [0, 0.1) is 0 Å². The molecule has 2 aliphatic rings. The number of carbonyl (C=O) groups is 2. The third-order valence-corrected chi connectivity index (χ3v) is 6.94. The molecule has 0 spiro atoms. The van der Waals surface area contributed by atoms with E-state index in [1.54, 1.807) is 6.07 Å². The molecule has 1 amide bonds. The lowest BCUT2D eigenvalue weighted by molar-refractivity contribution is -0.139. The summed E-state index contributed by atoms with van der Waals surface area (Å²) in [5.74, 6) is -0.596. The molecule has 0 atom stereocenters. The standard InChI is InChI=1S/C16H20N2O5S2/c1-23-16(20)9-18-13-8-12(6-7-14(13)24-10-15(18)19)25(21,22)17-11-4-2-3-5-11/h6-8,11,17H,2-5,9-10H2,1H3. The predicted molar refractivity (Wildman–Crippen MR) is 94.1 cm³/mol. The minimum absolute atomic E-state index is 0.0387. The van der Waals surface area contributed by atoms with Gasteiger partial charge >= 0.3 is 5.97 Å². The summed E-state index contributed by atoms with van der Waals surface area (Å²) in [6, 6.07) is 4.64. The van der Waals surface area contributed by atoms with E-state index in [2.05, 4.69) is 9.46 Å². The number of amides is 1. The van der Waals surface area contributed by atoms with Crippen molar-refractivity contribution in [3.63, 3.8) is 0 Å². The van der Waals surface area contributed by atoms with E-state index in [1.807, 2.05) is 0 Å². The molecule has 3 rings (SSSR count). The molecule has 25 heavy (non-hydrogen) atoms. The number of carbonyl (C=O) groups excluding carboxylic acids is 2. The number of sulfonamides is 1. The molecule has 0 unspecified atom stereocenters. The maximum atomic E-state index is 12.6. The lowest BCUT2D eigenvalue weighted by Gasteiger charge is -2.28. The highest BCUT2D eigenvalue weighted by Crippen LogP contribution is 2.37. The molecule has 9 heteroatoms. The van der Waals surface area contributed by atoms with Gasteiger partial charge in [0.1, 0.15) is 6.54 Å². The van der Waals surface area contributed by atoms with E-state index in [9.17, 15) is 18.0 Å². The molecule has 1 heterocycles. The highest BCUT2D eigenvalue weighted by molar-refractivity contribution is 8.00. The average molecular weight is 384 g/mol. The van der Waals surface area contributed by atoms with Crippen molar-refractivity contribution in [2.45, 2.75) is 41.5 Å². The van der Waals surface area contributed by atoms with Crippen molar-refractivity contribution in [2.75, 3.05) is 24.3 Å². The molecule has 1 N–H and O–H groups in total. The summed E-state index contributed by atoms with van der Waals surface area (Å²) >= 11 is 1.33. The Balaban J connectivity index is 1.91. The van der Waals surface area contributed by atoms with E-state index in [1.165, 1.54) is 35.9 Å². The summed E-state index contributed by atoms with van der Waals surface area (Å²) in [4.78, 5) is 25.9.